The van der Waals surface area contributed by atoms with Crippen LogP contribution in [-0.4, -0.2) is 42.9 Å². The molecule has 0 aliphatic heterocycles. The minimum absolute atomic E-state index is 0.0365. The van der Waals surface area contributed by atoms with Crippen LogP contribution in [0.5, 0.6) is 5.75 Å². The van der Waals surface area contributed by atoms with Crippen LogP contribution in [0.15, 0.2) is 42.6 Å². The van der Waals surface area contributed by atoms with Gasteiger partial charge < -0.3 is 20.1 Å². The van der Waals surface area contributed by atoms with E-state index in [0.717, 1.165) is 7.11 Å². The number of alkyl halides is 3. The lowest BCUT2D eigenvalue weighted by Crippen LogP contribution is -2.69. The van der Waals surface area contributed by atoms with Crippen molar-refractivity contribution in [2.24, 2.45) is 0 Å². The smallest absolute Gasteiger partial charge is 0.441 e. The summed E-state index contributed by atoms with van der Waals surface area (Å²) in [5.74, 6) is -3.20. The number of methoxy groups -OCH3 is 2. The van der Waals surface area contributed by atoms with Crippen LogP contribution in [0.2, 0.25) is 0 Å². The Morgan fingerprint density at radius 1 is 1.07 bits per heavy atom. The Hall–Kier alpha value is -3.30. The minimum Gasteiger partial charge on any atom is -0.496 e. The largest absolute Gasteiger partial charge is 0.496 e. The molecule has 10 heteroatoms. The summed E-state index contributed by atoms with van der Waals surface area (Å²) in [6.07, 6.45) is -3.95. The zero-order valence-corrected chi connectivity index (χ0v) is 15.3. The molecule has 0 saturated carbocycles. The number of hydrogen-bond donors (Lipinski definition) is 2. The number of nitrogens with one attached hydrogen (secondary N) is 2. The molecule has 0 fully saturated rings. The average Bonchev–Trinajstić information content (AvgIpc) is 2.67. The first-order valence-corrected chi connectivity index (χ1v) is 7.96. The van der Waals surface area contributed by atoms with Gasteiger partial charge in [0.05, 0.1) is 19.8 Å². The van der Waals surface area contributed by atoms with E-state index in [2.05, 4.69) is 9.72 Å². The van der Waals surface area contributed by atoms with Gasteiger partial charge in [0.15, 0.2) is 0 Å². The Morgan fingerprint density at radius 3 is 2.29 bits per heavy atom. The van der Waals surface area contributed by atoms with Crippen molar-refractivity contribution < 1.29 is 32.2 Å². The molecule has 1 aromatic carbocycles. The number of carbonyl (C=O) groups excluding carboxylic acids is 2. The normalized spacial score (nSPS) is 13.2. The van der Waals surface area contributed by atoms with Crippen LogP contribution in [-0.2, 0) is 9.53 Å². The summed E-state index contributed by atoms with van der Waals surface area (Å²) in [6.45, 7) is 1.69. The Balaban J connectivity index is 2.51. The van der Waals surface area contributed by atoms with Gasteiger partial charge in [0.25, 0.3) is 5.91 Å². The number of para-hydroxylation sites is 1. The number of hydrogen-bond acceptors (Lipinski definition) is 6. The lowest BCUT2D eigenvalue weighted by atomic mass is 10.1. The summed E-state index contributed by atoms with van der Waals surface area (Å²) >= 11 is 0. The number of carbonyl (C=O) groups is 2. The van der Waals surface area contributed by atoms with Gasteiger partial charge in [-0.2, -0.15) is 13.2 Å². The number of ether oxygens (including phenoxy) is 2. The molecule has 0 aliphatic rings. The zero-order chi connectivity index (χ0) is 20.9. The highest BCUT2D eigenvalue weighted by atomic mass is 19.4. The molecule has 2 aromatic rings. The van der Waals surface area contributed by atoms with Crippen LogP contribution in [0, 0.1) is 6.92 Å². The number of aromatic nitrogens is 1. The summed E-state index contributed by atoms with van der Waals surface area (Å²) in [5, 5.41) is 3.67. The molecule has 1 atom stereocenters. The van der Waals surface area contributed by atoms with Crippen LogP contribution in [0.3, 0.4) is 0 Å². The van der Waals surface area contributed by atoms with Crippen molar-refractivity contribution in [1.29, 1.82) is 0 Å². The Labute approximate surface area is 158 Å². The molecular formula is C18H18F3N3O4. The maximum Gasteiger partial charge on any atom is 0.441 e. The van der Waals surface area contributed by atoms with Gasteiger partial charge in [-0.1, -0.05) is 18.2 Å². The van der Waals surface area contributed by atoms with E-state index < -0.39 is 23.7 Å². The molecule has 28 heavy (non-hydrogen) atoms. The van der Waals surface area contributed by atoms with Gasteiger partial charge in [0, 0.05) is 6.20 Å². The second-order valence-corrected chi connectivity index (χ2v) is 5.74. The quantitative estimate of drug-likeness (QED) is 0.576. The van der Waals surface area contributed by atoms with Gasteiger partial charge in [-0.05, 0) is 30.7 Å². The van der Waals surface area contributed by atoms with Gasteiger partial charge in [0.2, 0.25) is 0 Å². The number of rotatable bonds is 6. The van der Waals surface area contributed by atoms with Crippen LogP contribution in [0.4, 0.5) is 19.0 Å². The Bertz CT molecular complexity index is 856. The molecule has 0 radical (unpaired) electrons. The number of amides is 1. The third-order valence-corrected chi connectivity index (χ3v) is 3.80. The van der Waals surface area contributed by atoms with E-state index in [0.29, 0.717) is 5.56 Å². The van der Waals surface area contributed by atoms with Crippen molar-refractivity contribution in [3.05, 3.63) is 53.7 Å². The van der Waals surface area contributed by atoms with Crippen LogP contribution >= 0.6 is 0 Å². The SMILES string of the molecule is COC(=O)[C@](NC(=O)c1ccccc1OC)(Nc1ccc(C)cn1)C(F)(F)F. The van der Waals surface area contributed by atoms with E-state index in [9.17, 15) is 22.8 Å². The highest BCUT2D eigenvalue weighted by Crippen LogP contribution is 2.33. The fourth-order valence-corrected chi connectivity index (χ4v) is 2.35. The number of anilines is 1. The summed E-state index contributed by atoms with van der Waals surface area (Å²) in [4.78, 5) is 28.6. The first-order valence-electron chi connectivity index (χ1n) is 7.96. The molecule has 150 valence electrons. The third-order valence-electron chi connectivity index (χ3n) is 3.80. The van der Waals surface area contributed by atoms with Crippen LogP contribution in [0.1, 0.15) is 15.9 Å². The molecule has 2 rings (SSSR count). The van der Waals surface area contributed by atoms with Crippen molar-refractivity contribution in [1.82, 2.24) is 10.3 Å². The standard InChI is InChI=1S/C18H18F3N3O4/c1-11-8-9-14(22-10-11)23-17(16(26)28-3,18(19,20)21)24-15(25)12-6-4-5-7-13(12)27-2/h4-10H,1-3H3,(H,22,23)(H,24,25)/t17-/m1/s1. The lowest BCUT2D eigenvalue weighted by Gasteiger charge is -2.34. The first kappa shape index (κ1) is 21.0. The van der Waals surface area contributed by atoms with E-state index in [1.54, 1.807) is 18.3 Å². The summed E-state index contributed by atoms with van der Waals surface area (Å²) in [7, 11) is 2.04. The van der Waals surface area contributed by atoms with Crippen molar-refractivity contribution >= 4 is 17.7 Å². The van der Waals surface area contributed by atoms with E-state index in [-0.39, 0.29) is 17.1 Å². The predicted molar refractivity (Wildman–Crippen MR) is 93.9 cm³/mol. The first-order chi connectivity index (χ1) is 13.1. The van der Waals surface area contributed by atoms with E-state index in [4.69, 9.17) is 4.74 Å². The molecular weight excluding hydrogens is 379 g/mol. The molecule has 0 saturated heterocycles. The van der Waals surface area contributed by atoms with E-state index in [1.165, 1.54) is 43.6 Å². The lowest BCUT2D eigenvalue weighted by molar-refractivity contribution is -0.203. The monoisotopic (exact) mass is 397 g/mol. The molecule has 1 aromatic heterocycles. The van der Waals surface area contributed by atoms with Gasteiger partial charge >= 0.3 is 17.8 Å². The molecule has 0 bridgehead atoms. The molecule has 2 N–H and O–H groups in total. The van der Waals surface area contributed by atoms with Gasteiger partial charge in [-0.3, -0.25) is 4.79 Å². The van der Waals surface area contributed by atoms with Gasteiger partial charge in [-0.25, -0.2) is 9.78 Å². The summed E-state index contributed by atoms with van der Waals surface area (Å²) in [5.41, 5.74) is -3.07. The van der Waals surface area contributed by atoms with Crippen molar-refractivity contribution in [3.63, 3.8) is 0 Å². The highest BCUT2D eigenvalue weighted by molar-refractivity contribution is 6.01. The number of halogens is 3. The van der Waals surface area contributed by atoms with Crippen molar-refractivity contribution in [2.45, 2.75) is 18.8 Å². The Kier molecular flexibility index (Phi) is 6.12. The number of pyridine rings is 1. The number of benzene rings is 1. The maximum atomic E-state index is 14.0. The fraction of sp³-hybridized carbons (Fsp3) is 0.278. The summed E-state index contributed by atoms with van der Waals surface area (Å²) in [6, 6.07) is 8.39. The second-order valence-electron chi connectivity index (χ2n) is 5.74. The van der Waals surface area contributed by atoms with Gasteiger partial charge in [-0.15, -0.1) is 0 Å². The second kappa shape index (κ2) is 8.15. The molecule has 1 heterocycles. The van der Waals surface area contributed by atoms with Crippen LogP contribution < -0.4 is 15.4 Å². The maximum absolute atomic E-state index is 14.0. The Morgan fingerprint density at radius 2 is 1.75 bits per heavy atom. The van der Waals surface area contributed by atoms with E-state index in [1.807, 2.05) is 5.32 Å². The molecule has 0 unspecified atom stereocenters. The van der Waals surface area contributed by atoms with Crippen molar-refractivity contribution in [3.8, 4) is 5.75 Å². The molecule has 0 spiro atoms. The topological polar surface area (TPSA) is 89.5 Å². The zero-order valence-electron chi connectivity index (χ0n) is 15.3. The van der Waals surface area contributed by atoms with Gasteiger partial charge in [0.1, 0.15) is 11.6 Å². The average molecular weight is 397 g/mol. The number of nitrogens with zero attached hydrogens (tertiary/aromatic N) is 1. The minimum atomic E-state index is -5.26. The number of aryl methyl sites for hydroxylation is 1. The number of esters is 1. The molecule has 0 aliphatic carbocycles. The van der Waals surface area contributed by atoms with E-state index >= 15 is 0 Å². The predicted octanol–water partition coefficient (Wildman–Crippen LogP) is 2.67. The molecule has 1 amide bonds. The van der Waals surface area contributed by atoms with Crippen molar-refractivity contribution in [2.75, 3.05) is 19.5 Å². The third kappa shape index (κ3) is 4.16. The van der Waals surface area contributed by atoms with Crippen LogP contribution in [0.25, 0.3) is 0 Å². The fourth-order valence-electron chi connectivity index (χ4n) is 2.35. The summed E-state index contributed by atoms with van der Waals surface area (Å²) < 4.78 is 51.3. The highest BCUT2D eigenvalue weighted by Gasteiger charge is 2.63. The molecule has 7 nitrogen and oxygen atoms in total.